The molecule has 0 unspecified atom stereocenters. The molecule has 0 bridgehead atoms. The monoisotopic (exact) mass is 964 g/mol. The molecule has 0 spiro atoms. The molecule has 5 aromatic carbocycles. The van der Waals surface area contributed by atoms with Crippen LogP contribution in [0.1, 0.15) is 73.3 Å². The van der Waals surface area contributed by atoms with E-state index in [9.17, 15) is 23.1 Å². The van der Waals surface area contributed by atoms with Crippen LogP contribution >= 0.6 is 0 Å². The summed E-state index contributed by atoms with van der Waals surface area (Å²) in [6, 6.07) is 49.4. The standard InChI is InChI=1S/C56H64N6O7S/c1-5-42(4)53(54(64)59-51(35-43-19-10-6-11-20-43)52(63)39-61(37-41(2)3)70(67,68)50-31-29-44(30-32-50)36-57-66)62-34-33-60(55(62)65)38-48-27-18-28-49(58-48)40-69-56(45-21-12-7-13-22-45,46-23-14-8-15-24-46)47-25-16-9-17-26-47/h6-32,36,41-42,51-53,63,66H,5,33-35,37-40H2,1-4H3,(H,59,64)/t42-,51-,52+,53-/m0/s1. The average molecular weight is 965 g/mol. The summed E-state index contributed by atoms with van der Waals surface area (Å²) < 4.78 is 36.5. The van der Waals surface area contributed by atoms with Gasteiger partial charge in [0.15, 0.2) is 0 Å². The van der Waals surface area contributed by atoms with Crippen LogP contribution in [0.3, 0.4) is 0 Å². The number of carbonyl (C=O) groups is 2. The van der Waals surface area contributed by atoms with Gasteiger partial charge in [-0.15, -0.1) is 0 Å². The number of benzene rings is 5. The second kappa shape index (κ2) is 23.7. The quantitative estimate of drug-likeness (QED) is 0.0249. The van der Waals surface area contributed by atoms with Gasteiger partial charge in [-0.25, -0.2) is 13.2 Å². The van der Waals surface area contributed by atoms with E-state index in [1.807, 2.05) is 131 Å². The number of urea groups is 1. The number of hydrogen-bond acceptors (Lipinski definition) is 9. The lowest BCUT2D eigenvalue weighted by atomic mass is 9.80. The van der Waals surface area contributed by atoms with Crippen LogP contribution in [0.5, 0.6) is 0 Å². The van der Waals surface area contributed by atoms with Crippen LogP contribution < -0.4 is 5.32 Å². The third kappa shape index (κ3) is 12.2. The molecule has 2 heterocycles. The number of nitrogens with one attached hydrogen (secondary N) is 1. The molecule has 1 aromatic heterocycles. The van der Waals surface area contributed by atoms with Crippen molar-refractivity contribution in [1.82, 2.24) is 24.4 Å². The first-order valence-corrected chi connectivity index (χ1v) is 25.4. The number of pyridine rings is 1. The van der Waals surface area contributed by atoms with Crippen molar-refractivity contribution in [3.05, 3.63) is 203 Å². The molecule has 0 aliphatic carbocycles. The first-order valence-electron chi connectivity index (χ1n) is 23.9. The Kier molecular flexibility index (Phi) is 17.3. The van der Waals surface area contributed by atoms with Gasteiger partial charge in [-0.1, -0.05) is 179 Å². The van der Waals surface area contributed by atoms with E-state index in [1.165, 1.54) is 34.8 Å². The molecule has 1 aliphatic heterocycles. The highest BCUT2D eigenvalue weighted by molar-refractivity contribution is 7.89. The molecule has 70 heavy (non-hydrogen) atoms. The zero-order valence-corrected chi connectivity index (χ0v) is 41.1. The number of aliphatic hydroxyl groups is 1. The SMILES string of the molecule is CC[C@H](C)[C@@H](C(=O)N[C@@H](Cc1ccccc1)[C@H](O)CN(CC(C)C)S(=O)(=O)c1ccc(C=NO)cc1)N1CCN(Cc2cccc(COC(c3ccccc3)(c3ccccc3)c3ccccc3)n2)C1=O. The highest BCUT2D eigenvalue weighted by atomic mass is 32.2. The molecule has 0 saturated carbocycles. The first kappa shape index (κ1) is 51.1. The van der Waals surface area contributed by atoms with Gasteiger partial charge >= 0.3 is 6.03 Å². The Morgan fingerprint density at radius 2 is 1.34 bits per heavy atom. The van der Waals surface area contributed by atoms with Crippen LogP contribution in [0.4, 0.5) is 4.79 Å². The van der Waals surface area contributed by atoms with E-state index in [-0.39, 0.29) is 55.4 Å². The summed E-state index contributed by atoms with van der Waals surface area (Å²) in [5, 5.41) is 27.1. The minimum atomic E-state index is -4.11. The molecule has 7 rings (SSSR count). The minimum Gasteiger partial charge on any atom is -0.411 e. The number of aliphatic hydroxyl groups excluding tert-OH is 1. The Hall–Kier alpha value is -6.71. The number of nitrogens with zero attached hydrogens (tertiary/aromatic N) is 5. The van der Waals surface area contributed by atoms with Crippen molar-refractivity contribution in [2.24, 2.45) is 17.0 Å². The molecule has 1 saturated heterocycles. The van der Waals surface area contributed by atoms with E-state index >= 15 is 0 Å². The Bertz CT molecular complexity index is 2650. The van der Waals surface area contributed by atoms with E-state index in [2.05, 4.69) is 46.9 Å². The Morgan fingerprint density at radius 3 is 1.89 bits per heavy atom. The highest BCUT2D eigenvalue weighted by Gasteiger charge is 2.42. The van der Waals surface area contributed by atoms with Crippen molar-refractivity contribution in [2.75, 3.05) is 26.2 Å². The summed E-state index contributed by atoms with van der Waals surface area (Å²) in [6.45, 7) is 8.55. The highest BCUT2D eigenvalue weighted by Crippen LogP contribution is 2.41. The number of hydrogen-bond donors (Lipinski definition) is 3. The predicted molar refractivity (Wildman–Crippen MR) is 271 cm³/mol. The molecular weight excluding hydrogens is 901 g/mol. The van der Waals surface area contributed by atoms with Crippen molar-refractivity contribution in [3.63, 3.8) is 0 Å². The summed E-state index contributed by atoms with van der Waals surface area (Å²) in [5.41, 5.74) is 4.70. The lowest BCUT2D eigenvalue weighted by Crippen LogP contribution is -2.57. The van der Waals surface area contributed by atoms with Crippen LogP contribution in [0.2, 0.25) is 0 Å². The van der Waals surface area contributed by atoms with Gasteiger partial charge in [0.05, 0.1) is 47.8 Å². The molecule has 3 amide bonds. The van der Waals surface area contributed by atoms with Gasteiger partial charge in [0.25, 0.3) is 0 Å². The van der Waals surface area contributed by atoms with E-state index < -0.39 is 39.7 Å². The maximum absolute atomic E-state index is 14.7. The second-order valence-corrected chi connectivity index (χ2v) is 20.3. The van der Waals surface area contributed by atoms with Crippen LogP contribution in [0, 0.1) is 11.8 Å². The second-order valence-electron chi connectivity index (χ2n) is 18.3. The Labute approximate surface area is 412 Å². The summed E-state index contributed by atoms with van der Waals surface area (Å²) in [7, 11) is -4.11. The van der Waals surface area contributed by atoms with Crippen LogP contribution in [-0.2, 0) is 44.7 Å². The maximum atomic E-state index is 14.7. The topological polar surface area (TPSA) is 165 Å². The van der Waals surface area contributed by atoms with Gasteiger partial charge < -0.3 is 30.2 Å². The van der Waals surface area contributed by atoms with Gasteiger partial charge in [0, 0.05) is 26.2 Å². The average Bonchev–Trinajstić information content (AvgIpc) is 3.72. The van der Waals surface area contributed by atoms with Gasteiger partial charge in [-0.2, -0.15) is 4.31 Å². The summed E-state index contributed by atoms with van der Waals surface area (Å²) >= 11 is 0. The van der Waals surface area contributed by atoms with E-state index in [0.29, 0.717) is 36.5 Å². The number of sulfonamides is 1. The van der Waals surface area contributed by atoms with Crippen LogP contribution in [0.25, 0.3) is 0 Å². The number of amides is 3. The number of rotatable bonds is 23. The van der Waals surface area contributed by atoms with Gasteiger partial charge in [-0.3, -0.25) is 9.78 Å². The summed E-state index contributed by atoms with van der Waals surface area (Å²) in [5.74, 6) is -0.777. The first-order chi connectivity index (χ1) is 33.8. The van der Waals surface area contributed by atoms with Gasteiger partial charge in [0.1, 0.15) is 11.6 Å². The molecule has 1 fully saturated rings. The van der Waals surface area contributed by atoms with Gasteiger partial charge in [-0.05, 0) is 70.3 Å². The Balaban J connectivity index is 1.09. The van der Waals surface area contributed by atoms with Gasteiger partial charge in [0.2, 0.25) is 15.9 Å². The van der Waals surface area contributed by atoms with Crippen molar-refractivity contribution in [2.45, 2.75) is 82.4 Å². The maximum Gasteiger partial charge on any atom is 0.321 e. The molecule has 366 valence electrons. The Morgan fingerprint density at radius 1 is 0.786 bits per heavy atom. The fourth-order valence-electron chi connectivity index (χ4n) is 9.16. The van der Waals surface area contributed by atoms with E-state index in [1.54, 1.807) is 9.80 Å². The van der Waals surface area contributed by atoms with Crippen molar-refractivity contribution < 1.29 is 33.1 Å². The summed E-state index contributed by atoms with van der Waals surface area (Å²) in [6.07, 6.45) is 0.672. The largest absolute Gasteiger partial charge is 0.411 e. The zero-order valence-electron chi connectivity index (χ0n) is 40.3. The molecule has 14 heteroatoms. The number of carbonyl (C=O) groups excluding carboxylic acids is 2. The molecular formula is C56H64N6O7S. The number of oxime groups is 1. The molecule has 1 aliphatic rings. The van der Waals surface area contributed by atoms with Crippen molar-refractivity contribution in [3.8, 4) is 0 Å². The van der Waals surface area contributed by atoms with E-state index in [0.717, 1.165) is 22.3 Å². The number of ether oxygens (including phenoxy) is 1. The van der Waals surface area contributed by atoms with Crippen LogP contribution in [0.15, 0.2) is 174 Å². The lowest BCUT2D eigenvalue weighted by molar-refractivity contribution is -0.128. The van der Waals surface area contributed by atoms with Crippen LogP contribution in [-0.4, -0.2) is 100 Å². The lowest BCUT2D eigenvalue weighted by Gasteiger charge is -2.36. The number of aromatic nitrogens is 1. The van der Waals surface area contributed by atoms with E-state index in [4.69, 9.17) is 14.9 Å². The zero-order chi connectivity index (χ0) is 49.7. The fraction of sp³-hybridized carbons (Fsp3) is 0.321. The fourth-order valence-corrected chi connectivity index (χ4v) is 10.8. The molecule has 4 atom stereocenters. The third-order valence-electron chi connectivity index (χ3n) is 12.9. The molecule has 0 radical (unpaired) electrons. The minimum absolute atomic E-state index is 0.0134. The molecule has 3 N–H and O–H groups in total. The van der Waals surface area contributed by atoms with Crippen molar-refractivity contribution in [1.29, 1.82) is 0 Å². The predicted octanol–water partition coefficient (Wildman–Crippen LogP) is 8.49. The van der Waals surface area contributed by atoms with Crippen molar-refractivity contribution >= 4 is 28.2 Å². The normalized spacial score (nSPS) is 15.1. The molecule has 13 nitrogen and oxygen atoms in total. The summed E-state index contributed by atoms with van der Waals surface area (Å²) in [4.78, 5) is 37.4. The third-order valence-corrected chi connectivity index (χ3v) is 14.7. The molecule has 6 aromatic rings. The smallest absolute Gasteiger partial charge is 0.321 e.